The van der Waals surface area contributed by atoms with Crippen molar-refractivity contribution in [1.29, 1.82) is 0 Å². The fourth-order valence-electron chi connectivity index (χ4n) is 2.13. The third kappa shape index (κ3) is 4.07. The van der Waals surface area contributed by atoms with Gasteiger partial charge in [-0.1, -0.05) is 40.2 Å². The van der Waals surface area contributed by atoms with Crippen molar-refractivity contribution in [3.63, 3.8) is 0 Å². The fourth-order valence-corrected chi connectivity index (χ4v) is 2.40. The number of carbonyl (C=O) groups is 1. The van der Waals surface area contributed by atoms with E-state index in [9.17, 15) is 14.9 Å². The van der Waals surface area contributed by atoms with Crippen LogP contribution in [-0.2, 0) is 9.53 Å². The Kier molecular flexibility index (Phi) is 4.85. The molecule has 124 valence electrons. The number of esters is 1. The predicted molar refractivity (Wildman–Crippen MR) is 97.0 cm³/mol. The molecule has 1 heterocycles. The summed E-state index contributed by atoms with van der Waals surface area (Å²) in [6.45, 7) is 0. The van der Waals surface area contributed by atoms with Gasteiger partial charge in [0.25, 0.3) is 5.69 Å². The van der Waals surface area contributed by atoms with E-state index in [0.29, 0.717) is 11.1 Å². The van der Waals surface area contributed by atoms with Crippen molar-refractivity contribution in [1.82, 2.24) is 0 Å². The molecule has 0 fully saturated rings. The van der Waals surface area contributed by atoms with Crippen molar-refractivity contribution in [3.05, 3.63) is 92.1 Å². The molecule has 1 aliphatic rings. The number of hydrogen-bond acceptors (Lipinski definition) is 5. The Morgan fingerprint density at radius 3 is 2.64 bits per heavy atom. The van der Waals surface area contributed by atoms with E-state index in [2.05, 4.69) is 20.9 Å². The monoisotopic (exact) mass is 398 g/mol. The number of allylic oxidation sites excluding steroid dienone is 2. The van der Waals surface area contributed by atoms with E-state index in [1.54, 1.807) is 36.4 Å². The highest BCUT2D eigenvalue weighted by Gasteiger charge is 2.23. The second kappa shape index (κ2) is 7.23. The fraction of sp³-hybridized carbons (Fsp3) is 0. The highest BCUT2D eigenvalue weighted by atomic mass is 79.9. The van der Waals surface area contributed by atoms with Crippen molar-refractivity contribution < 1.29 is 14.5 Å². The zero-order chi connectivity index (χ0) is 17.8. The molecule has 0 unspecified atom stereocenters. The van der Waals surface area contributed by atoms with Crippen LogP contribution >= 0.6 is 15.9 Å². The Bertz CT molecular complexity index is 930. The summed E-state index contributed by atoms with van der Waals surface area (Å²) in [5.74, 6) is -0.297. The molecule has 6 nitrogen and oxygen atoms in total. The summed E-state index contributed by atoms with van der Waals surface area (Å²) in [6, 6.07) is 13.4. The van der Waals surface area contributed by atoms with Crippen molar-refractivity contribution in [2.75, 3.05) is 0 Å². The topological polar surface area (TPSA) is 81.8 Å². The molecule has 7 heteroatoms. The van der Waals surface area contributed by atoms with Crippen molar-refractivity contribution in [2.45, 2.75) is 0 Å². The molecule has 0 atom stereocenters. The van der Waals surface area contributed by atoms with E-state index in [4.69, 9.17) is 4.74 Å². The lowest BCUT2D eigenvalue weighted by atomic mass is 10.2. The first-order chi connectivity index (χ1) is 12.0. The van der Waals surface area contributed by atoms with Gasteiger partial charge in [0.15, 0.2) is 5.70 Å². The Hall–Kier alpha value is -3.06. The maximum absolute atomic E-state index is 11.9. The van der Waals surface area contributed by atoms with Crippen LogP contribution in [0.25, 0.3) is 6.08 Å². The summed E-state index contributed by atoms with van der Waals surface area (Å²) in [7, 11) is 0. The zero-order valence-electron chi connectivity index (χ0n) is 12.8. The molecule has 2 aromatic carbocycles. The number of nitrogens with zero attached hydrogens (tertiary/aromatic N) is 2. The lowest BCUT2D eigenvalue weighted by molar-refractivity contribution is -0.384. The van der Waals surface area contributed by atoms with E-state index < -0.39 is 10.9 Å². The number of non-ortho nitro benzene ring substituents is 1. The Morgan fingerprint density at radius 1 is 1.16 bits per heavy atom. The predicted octanol–water partition coefficient (Wildman–Crippen LogP) is 4.26. The first-order valence-corrected chi connectivity index (χ1v) is 8.02. The minimum Gasteiger partial charge on any atom is -0.402 e. The molecule has 0 N–H and O–H groups in total. The molecular formula is C18H11BrN2O4. The number of benzene rings is 2. The molecule has 3 rings (SSSR count). The normalized spacial score (nSPS) is 15.5. The van der Waals surface area contributed by atoms with Crippen LogP contribution in [0.4, 0.5) is 5.69 Å². The average Bonchev–Trinajstić information content (AvgIpc) is 2.97. The van der Waals surface area contributed by atoms with E-state index in [0.717, 1.165) is 4.47 Å². The van der Waals surface area contributed by atoms with E-state index >= 15 is 0 Å². The molecule has 0 aromatic heterocycles. The minimum absolute atomic E-state index is 0.00521. The van der Waals surface area contributed by atoms with Crippen LogP contribution in [0.1, 0.15) is 11.1 Å². The molecule has 0 saturated carbocycles. The van der Waals surface area contributed by atoms with E-state index in [-0.39, 0.29) is 17.3 Å². The summed E-state index contributed by atoms with van der Waals surface area (Å²) in [5.41, 5.74) is 1.52. The standard InChI is InChI=1S/C18H11BrN2O4/c19-14-9-7-13(8-10-14)17-20-16(18(22)25-17)6-2-4-12-3-1-5-15(11-12)21(23)24/h1-11H/b4-2+,16-6-. The van der Waals surface area contributed by atoms with Gasteiger partial charge >= 0.3 is 5.97 Å². The van der Waals surface area contributed by atoms with Gasteiger partial charge in [-0.2, -0.15) is 0 Å². The van der Waals surface area contributed by atoms with Crippen LogP contribution in [-0.4, -0.2) is 16.8 Å². The van der Waals surface area contributed by atoms with Crippen LogP contribution in [0.3, 0.4) is 0 Å². The summed E-state index contributed by atoms with van der Waals surface area (Å²) in [5, 5.41) is 10.8. The quantitative estimate of drug-likeness (QED) is 0.333. The van der Waals surface area contributed by atoms with Gasteiger partial charge < -0.3 is 4.74 Å². The molecule has 1 aliphatic heterocycles. The first-order valence-electron chi connectivity index (χ1n) is 7.22. The van der Waals surface area contributed by atoms with Crippen LogP contribution in [0.5, 0.6) is 0 Å². The summed E-state index contributed by atoms with van der Waals surface area (Å²) in [6.07, 6.45) is 4.76. The summed E-state index contributed by atoms with van der Waals surface area (Å²) in [4.78, 5) is 26.3. The van der Waals surface area contributed by atoms with Gasteiger partial charge in [0.1, 0.15) is 0 Å². The Balaban J connectivity index is 1.79. The summed E-state index contributed by atoms with van der Waals surface area (Å²) >= 11 is 3.34. The molecule has 0 radical (unpaired) electrons. The van der Waals surface area contributed by atoms with Gasteiger partial charge in [-0.25, -0.2) is 9.79 Å². The van der Waals surface area contributed by atoms with Gasteiger partial charge in [0.05, 0.1) is 4.92 Å². The maximum atomic E-state index is 11.9. The van der Waals surface area contributed by atoms with E-state index in [1.807, 2.05) is 12.1 Å². The number of nitro groups is 1. The van der Waals surface area contributed by atoms with Gasteiger partial charge in [0.2, 0.25) is 5.90 Å². The molecule has 0 amide bonds. The number of rotatable bonds is 4. The highest BCUT2D eigenvalue weighted by molar-refractivity contribution is 9.10. The van der Waals surface area contributed by atoms with Crippen molar-refractivity contribution >= 4 is 39.6 Å². The number of halogens is 1. The van der Waals surface area contributed by atoms with Crippen molar-refractivity contribution in [3.8, 4) is 0 Å². The Labute approximate surface area is 151 Å². The molecule has 2 aromatic rings. The second-order valence-electron chi connectivity index (χ2n) is 5.08. The Morgan fingerprint density at radius 2 is 1.92 bits per heavy atom. The van der Waals surface area contributed by atoms with Crippen molar-refractivity contribution in [2.24, 2.45) is 4.99 Å². The number of cyclic esters (lactones) is 1. The third-order valence-corrected chi connectivity index (χ3v) is 3.86. The number of hydrogen-bond donors (Lipinski definition) is 0. The zero-order valence-corrected chi connectivity index (χ0v) is 14.3. The minimum atomic E-state index is -0.540. The van der Waals surface area contributed by atoms with Gasteiger partial charge in [-0.3, -0.25) is 10.1 Å². The summed E-state index contributed by atoms with van der Waals surface area (Å²) < 4.78 is 6.07. The molecule has 0 aliphatic carbocycles. The lowest BCUT2D eigenvalue weighted by Gasteiger charge is -1.98. The van der Waals surface area contributed by atoms with Gasteiger partial charge in [-0.05, 0) is 35.9 Å². The average molecular weight is 399 g/mol. The van der Waals surface area contributed by atoms with Crippen LogP contribution in [0.2, 0.25) is 0 Å². The van der Waals surface area contributed by atoms with Gasteiger partial charge in [0, 0.05) is 22.2 Å². The molecule has 0 spiro atoms. The first kappa shape index (κ1) is 16.8. The molecular weight excluding hydrogens is 388 g/mol. The number of carbonyl (C=O) groups excluding carboxylic acids is 1. The molecule has 0 bridgehead atoms. The number of nitro benzene ring substituents is 1. The lowest BCUT2D eigenvalue weighted by Crippen LogP contribution is -2.04. The maximum Gasteiger partial charge on any atom is 0.363 e. The van der Waals surface area contributed by atoms with Gasteiger partial charge in [-0.15, -0.1) is 0 Å². The third-order valence-electron chi connectivity index (χ3n) is 3.34. The van der Waals surface area contributed by atoms with Crippen LogP contribution < -0.4 is 0 Å². The SMILES string of the molecule is O=C1OC(c2ccc(Br)cc2)=N/C1=C\C=C\c1cccc([N+](=O)[O-])c1. The largest absolute Gasteiger partial charge is 0.402 e. The number of ether oxygens (including phenoxy) is 1. The smallest absolute Gasteiger partial charge is 0.363 e. The second-order valence-corrected chi connectivity index (χ2v) is 5.99. The molecule has 25 heavy (non-hydrogen) atoms. The number of aliphatic imine (C=N–C) groups is 1. The highest BCUT2D eigenvalue weighted by Crippen LogP contribution is 2.19. The van der Waals surface area contributed by atoms with E-state index in [1.165, 1.54) is 18.2 Å². The molecule has 0 saturated heterocycles. The van der Waals surface area contributed by atoms with Crippen LogP contribution in [0, 0.1) is 10.1 Å². The van der Waals surface area contributed by atoms with Crippen LogP contribution in [0.15, 0.2) is 75.8 Å².